The second-order valence-electron chi connectivity index (χ2n) is 2.97. The van der Waals surface area contributed by atoms with Crippen molar-refractivity contribution in [2.75, 3.05) is 6.54 Å². The van der Waals surface area contributed by atoms with Crippen LogP contribution in [0.4, 0.5) is 0 Å². The average Bonchev–Trinajstić information content (AvgIpc) is 1.87. The highest BCUT2D eigenvalue weighted by Gasteiger charge is 1.92. The minimum absolute atomic E-state index is 0. The van der Waals surface area contributed by atoms with Crippen LogP contribution in [-0.2, 0) is 0 Å². The fourth-order valence-electron chi connectivity index (χ4n) is 0.964. The van der Waals surface area contributed by atoms with Crippen LogP contribution >= 0.6 is 0 Å². The monoisotopic (exact) mass is 195 g/mol. The average molecular weight is 195 g/mol. The van der Waals surface area contributed by atoms with E-state index in [0.717, 1.165) is 13.0 Å². The molecule has 0 aromatic rings. The molecular weight excluding hydrogens is 166 g/mol. The molecule has 0 spiro atoms. The topological polar surface area (TPSA) is 157 Å². The highest BCUT2D eigenvalue weighted by atomic mass is 14.6. The summed E-state index contributed by atoms with van der Waals surface area (Å²) in [5, 5.41) is 0. The maximum Gasteiger partial charge on any atom is 0.00104 e. The van der Waals surface area contributed by atoms with E-state index in [9.17, 15) is 0 Å². The molecule has 0 aliphatic heterocycles. The summed E-state index contributed by atoms with van der Waals surface area (Å²) >= 11 is 0. The van der Waals surface area contributed by atoms with Crippen molar-refractivity contribution >= 4 is 0 Å². The summed E-state index contributed by atoms with van der Waals surface area (Å²) in [6.45, 7) is 2.89. The second-order valence-corrected chi connectivity index (χ2v) is 2.97. The van der Waals surface area contributed by atoms with Gasteiger partial charge in [0.25, 0.3) is 0 Å². The van der Waals surface area contributed by atoms with Crippen molar-refractivity contribution < 1.29 is 0 Å². The first-order chi connectivity index (χ1) is 4.77. The van der Waals surface area contributed by atoms with Crippen molar-refractivity contribution in [1.29, 1.82) is 0 Å². The lowest BCUT2D eigenvalue weighted by atomic mass is 10.1. The van der Waals surface area contributed by atoms with E-state index >= 15 is 0 Å². The van der Waals surface area contributed by atoms with Crippen LogP contribution in [-0.4, -0.2) is 12.6 Å². The van der Waals surface area contributed by atoms with Gasteiger partial charge in [0.1, 0.15) is 0 Å². The van der Waals surface area contributed by atoms with E-state index in [4.69, 9.17) is 11.5 Å². The molecule has 0 bridgehead atoms. The Kier molecular flexibility index (Phi) is 31.5. The maximum absolute atomic E-state index is 5.58. The third kappa shape index (κ3) is 24.5. The standard InChI is InChI=1S/C8H20N2.3H3N/c1-8(10)6-4-2-3-5-7-9;;;/h8H,2-7,9-10H2,1H3;3*1H3. The van der Waals surface area contributed by atoms with Gasteiger partial charge >= 0.3 is 0 Å². The summed E-state index contributed by atoms with van der Waals surface area (Å²) in [6, 6.07) is 0.373. The summed E-state index contributed by atoms with van der Waals surface area (Å²) in [5.41, 5.74) is 10.9. The Bertz CT molecular complexity index is 67.6. The molecule has 5 nitrogen and oxygen atoms in total. The van der Waals surface area contributed by atoms with Crippen LogP contribution in [0.3, 0.4) is 0 Å². The first-order valence-corrected chi connectivity index (χ1v) is 4.23. The van der Waals surface area contributed by atoms with Gasteiger partial charge in [-0.15, -0.1) is 0 Å². The first-order valence-electron chi connectivity index (χ1n) is 4.23. The molecule has 5 heteroatoms. The second kappa shape index (κ2) is 17.8. The number of unbranched alkanes of at least 4 members (excludes halogenated alkanes) is 3. The minimum Gasteiger partial charge on any atom is -0.344 e. The fourth-order valence-corrected chi connectivity index (χ4v) is 0.964. The zero-order valence-electron chi connectivity index (χ0n) is 9.10. The summed E-state index contributed by atoms with van der Waals surface area (Å²) in [6.07, 6.45) is 6.14. The molecule has 13 N–H and O–H groups in total. The Balaban J connectivity index is -0.000000135. The molecule has 0 heterocycles. The van der Waals surface area contributed by atoms with Crippen molar-refractivity contribution in [2.24, 2.45) is 11.5 Å². The molecule has 0 aliphatic carbocycles. The van der Waals surface area contributed by atoms with Gasteiger partial charge in [-0.3, -0.25) is 0 Å². The van der Waals surface area contributed by atoms with Gasteiger partial charge in [0.05, 0.1) is 0 Å². The third-order valence-corrected chi connectivity index (χ3v) is 1.61. The van der Waals surface area contributed by atoms with Crippen LogP contribution in [0.5, 0.6) is 0 Å². The number of hydrogen-bond donors (Lipinski definition) is 5. The van der Waals surface area contributed by atoms with Gasteiger partial charge in [-0.1, -0.05) is 19.3 Å². The quantitative estimate of drug-likeness (QED) is 0.408. The molecule has 86 valence electrons. The zero-order valence-corrected chi connectivity index (χ0v) is 9.10. The molecule has 0 saturated carbocycles. The van der Waals surface area contributed by atoms with Crippen molar-refractivity contribution in [2.45, 2.75) is 45.1 Å². The maximum atomic E-state index is 5.58. The van der Waals surface area contributed by atoms with E-state index in [1.54, 1.807) is 0 Å². The zero-order chi connectivity index (χ0) is 7.82. The van der Waals surface area contributed by atoms with E-state index in [1.165, 1.54) is 25.7 Å². The molecule has 0 aromatic carbocycles. The van der Waals surface area contributed by atoms with Gasteiger partial charge in [0, 0.05) is 6.04 Å². The van der Waals surface area contributed by atoms with Crippen LogP contribution < -0.4 is 29.9 Å². The number of hydrogen-bond acceptors (Lipinski definition) is 5. The Morgan fingerprint density at radius 3 is 1.77 bits per heavy atom. The van der Waals surface area contributed by atoms with Gasteiger partial charge in [0.2, 0.25) is 0 Å². The Hall–Kier alpha value is -0.200. The van der Waals surface area contributed by atoms with Crippen molar-refractivity contribution in [1.82, 2.24) is 18.5 Å². The van der Waals surface area contributed by atoms with Crippen molar-refractivity contribution in [3.05, 3.63) is 0 Å². The fraction of sp³-hybridized carbons (Fsp3) is 1.00. The molecular formula is C8H29N5. The van der Waals surface area contributed by atoms with E-state index in [2.05, 4.69) is 6.92 Å². The van der Waals surface area contributed by atoms with Gasteiger partial charge < -0.3 is 29.9 Å². The van der Waals surface area contributed by atoms with E-state index in [1.807, 2.05) is 0 Å². The highest BCUT2D eigenvalue weighted by molar-refractivity contribution is 4.53. The van der Waals surface area contributed by atoms with Crippen LogP contribution in [0.2, 0.25) is 0 Å². The summed E-state index contributed by atoms with van der Waals surface area (Å²) in [4.78, 5) is 0. The van der Waals surface area contributed by atoms with Crippen LogP contribution in [0, 0.1) is 0 Å². The van der Waals surface area contributed by atoms with Crippen molar-refractivity contribution in [3.63, 3.8) is 0 Å². The Labute approximate surface area is 82.4 Å². The van der Waals surface area contributed by atoms with Crippen molar-refractivity contribution in [3.8, 4) is 0 Å². The molecule has 0 rings (SSSR count). The molecule has 0 saturated heterocycles. The lowest BCUT2D eigenvalue weighted by molar-refractivity contribution is 0.569. The highest BCUT2D eigenvalue weighted by Crippen LogP contribution is 2.03. The van der Waals surface area contributed by atoms with Crippen LogP contribution in [0.25, 0.3) is 0 Å². The first kappa shape index (κ1) is 23.0. The number of nitrogens with two attached hydrogens (primary N) is 2. The van der Waals surface area contributed by atoms with Gasteiger partial charge in [-0.25, -0.2) is 0 Å². The Morgan fingerprint density at radius 1 is 0.923 bits per heavy atom. The molecule has 1 atom stereocenters. The number of rotatable bonds is 6. The van der Waals surface area contributed by atoms with Crippen LogP contribution in [0.15, 0.2) is 0 Å². The van der Waals surface area contributed by atoms with Gasteiger partial charge in [0.15, 0.2) is 0 Å². The lowest BCUT2D eigenvalue weighted by Gasteiger charge is -2.02. The lowest BCUT2D eigenvalue weighted by Crippen LogP contribution is -2.13. The molecule has 0 aromatic heterocycles. The smallest absolute Gasteiger partial charge is 0.00104 e. The Morgan fingerprint density at radius 2 is 1.38 bits per heavy atom. The molecule has 1 unspecified atom stereocenters. The third-order valence-electron chi connectivity index (χ3n) is 1.61. The molecule has 0 radical (unpaired) electrons. The summed E-state index contributed by atoms with van der Waals surface area (Å²) in [7, 11) is 0. The van der Waals surface area contributed by atoms with E-state index in [0.29, 0.717) is 6.04 Å². The SMILES string of the molecule is CC(N)CCCCCCN.N.N.N. The minimum atomic E-state index is 0. The normalized spacial score (nSPS) is 10.4. The largest absolute Gasteiger partial charge is 0.344 e. The van der Waals surface area contributed by atoms with Gasteiger partial charge in [-0.2, -0.15) is 0 Å². The predicted octanol–water partition coefficient (Wildman–Crippen LogP) is 1.73. The molecule has 0 fully saturated rings. The molecule has 0 amide bonds. The molecule has 13 heavy (non-hydrogen) atoms. The van der Waals surface area contributed by atoms with E-state index in [-0.39, 0.29) is 18.5 Å². The van der Waals surface area contributed by atoms with Gasteiger partial charge in [-0.05, 0) is 26.3 Å². The van der Waals surface area contributed by atoms with E-state index < -0.39 is 0 Å². The molecule has 0 aliphatic rings. The summed E-state index contributed by atoms with van der Waals surface area (Å²) in [5.74, 6) is 0. The summed E-state index contributed by atoms with van der Waals surface area (Å²) < 4.78 is 0. The van der Waals surface area contributed by atoms with Crippen LogP contribution in [0.1, 0.15) is 39.0 Å². The predicted molar refractivity (Wildman–Crippen MR) is 60.9 cm³/mol.